The Kier molecular flexibility index (Phi) is 2.03. The normalized spacial score (nSPS) is 10.5. The number of rotatable bonds is 1. The topological polar surface area (TPSA) is 0 Å². The predicted octanol–water partition coefficient (Wildman–Crippen LogP) is 4.09. The van der Waals surface area contributed by atoms with Crippen LogP contribution in [0.2, 0.25) is 0 Å². The zero-order valence-electron chi connectivity index (χ0n) is 7.13. The van der Waals surface area contributed by atoms with E-state index in [0.717, 1.165) is 0 Å². The molecule has 62 valence electrons. The molecule has 0 saturated carbocycles. The van der Waals surface area contributed by atoms with Crippen LogP contribution in [-0.2, 0) is 0 Å². The first-order valence-corrected chi connectivity index (χ1v) is 5.58. The van der Waals surface area contributed by atoms with E-state index < -0.39 is 0 Å². The summed E-state index contributed by atoms with van der Waals surface area (Å²) in [5.74, 6) is 0. The molecule has 0 atom stereocenters. The number of hydrogen-bond donors (Lipinski definition) is 0. The second kappa shape index (κ2) is 3.04. The van der Waals surface area contributed by atoms with Crippen LogP contribution in [0.1, 0.15) is 10.4 Å². The highest BCUT2D eigenvalue weighted by atomic mass is 32.1. The van der Waals surface area contributed by atoms with Gasteiger partial charge in [0, 0.05) is 14.6 Å². The van der Waals surface area contributed by atoms with Gasteiger partial charge < -0.3 is 0 Å². The molecule has 2 aromatic rings. The highest BCUT2D eigenvalue weighted by molar-refractivity contribution is 7.21. The average molecular weight is 194 g/mol. The van der Waals surface area contributed by atoms with Crippen molar-refractivity contribution in [1.82, 2.24) is 0 Å². The lowest BCUT2D eigenvalue weighted by atomic mass is 10.2. The van der Waals surface area contributed by atoms with Gasteiger partial charge in [0.25, 0.3) is 0 Å². The minimum absolute atomic E-state index is 1.39. The fourth-order valence-electron chi connectivity index (χ4n) is 1.18. The van der Waals surface area contributed by atoms with Crippen LogP contribution in [0.5, 0.6) is 0 Å². The van der Waals surface area contributed by atoms with Gasteiger partial charge in [-0.1, -0.05) is 0 Å². The highest BCUT2D eigenvalue weighted by Crippen LogP contribution is 2.33. The van der Waals surface area contributed by atoms with Crippen LogP contribution in [0.3, 0.4) is 0 Å². The molecule has 2 heterocycles. The van der Waals surface area contributed by atoms with Crippen molar-refractivity contribution in [3.05, 3.63) is 34.0 Å². The van der Waals surface area contributed by atoms with E-state index in [9.17, 15) is 0 Å². The van der Waals surface area contributed by atoms with Crippen molar-refractivity contribution in [2.75, 3.05) is 0 Å². The summed E-state index contributed by atoms with van der Waals surface area (Å²) in [5.41, 5.74) is 1.39. The van der Waals surface area contributed by atoms with Gasteiger partial charge in [0.05, 0.1) is 0 Å². The molecule has 0 saturated heterocycles. The van der Waals surface area contributed by atoms with Crippen LogP contribution in [-0.4, -0.2) is 0 Å². The van der Waals surface area contributed by atoms with E-state index in [0.29, 0.717) is 0 Å². The minimum atomic E-state index is 1.39. The van der Waals surface area contributed by atoms with Gasteiger partial charge in [-0.25, -0.2) is 0 Å². The van der Waals surface area contributed by atoms with Crippen molar-refractivity contribution in [3.8, 4) is 9.75 Å². The van der Waals surface area contributed by atoms with E-state index in [4.69, 9.17) is 0 Å². The third kappa shape index (κ3) is 1.32. The lowest BCUT2D eigenvalue weighted by Crippen LogP contribution is -1.66. The SMILES string of the molecule is Cc1ccc(-c2sccc2C)s1. The average Bonchev–Trinajstić information content (AvgIpc) is 2.58. The van der Waals surface area contributed by atoms with Crippen molar-refractivity contribution < 1.29 is 0 Å². The molecular weight excluding hydrogens is 184 g/mol. The fourth-order valence-corrected chi connectivity index (χ4v) is 3.17. The largest absolute Gasteiger partial charge is 0.143 e. The Balaban J connectivity index is 2.50. The molecule has 0 aliphatic rings. The number of thiophene rings is 2. The summed E-state index contributed by atoms with van der Waals surface area (Å²) in [6.45, 7) is 4.32. The Hall–Kier alpha value is -0.600. The van der Waals surface area contributed by atoms with Gasteiger partial charge in [0.1, 0.15) is 0 Å². The number of hydrogen-bond acceptors (Lipinski definition) is 2. The smallest absolute Gasteiger partial charge is 0.0471 e. The second-order valence-corrected chi connectivity index (χ2v) is 5.05. The molecule has 0 spiro atoms. The van der Waals surface area contributed by atoms with E-state index in [1.807, 2.05) is 22.7 Å². The van der Waals surface area contributed by atoms with Crippen molar-refractivity contribution in [2.24, 2.45) is 0 Å². The van der Waals surface area contributed by atoms with E-state index in [2.05, 4.69) is 37.4 Å². The maximum atomic E-state index is 2.21. The fraction of sp³-hybridized carbons (Fsp3) is 0.200. The predicted molar refractivity (Wildman–Crippen MR) is 57.1 cm³/mol. The van der Waals surface area contributed by atoms with Gasteiger partial charge in [-0.05, 0) is 43.0 Å². The molecule has 0 aromatic carbocycles. The molecule has 0 N–H and O–H groups in total. The first kappa shape index (κ1) is 8.02. The second-order valence-electron chi connectivity index (χ2n) is 2.84. The molecule has 0 fully saturated rings. The van der Waals surface area contributed by atoms with E-state index in [-0.39, 0.29) is 0 Å². The molecule has 2 aromatic heterocycles. The summed E-state index contributed by atoms with van der Waals surface area (Å²) in [4.78, 5) is 4.21. The summed E-state index contributed by atoms with van der Waals surface area (Å²) < 4.78 is 0. The Morgan fingerprint density at radius 1 is 1.08 bits per heavy atom. The van der Waals surface area contributed by atoms with Crippen LogP contribution in [0, 0.1) is 13.8 Å². The van der Waals surface area contributed by atoms with E-state index >= 15 is 0 Å². The maximum Gasteiger partial charge on any atom is 0.0471 e. The number of aryl methyl sites for hydroxylation is 2. The molecule has 2 heteroatoms. The molecule has 0 amide bonds. The van der Waals surface area contributed by atoms with Gasteiger partial charge in [-0.15, -0.1) is 22.7 Å². The molecule has 0 aliphatic heterocycles. The van der Waals surface area contributed by atoms with Crippen LogP contribution in [0.25, 0.3) is 9.75 Å². The molecule has 0 unspecified atom stereocenters. The molecule has 0 aliphatic carbocycles. The van der Waals surface area contributed by atoms with Gasteiger partial charge in [-0.3, -0.25) is 0 Å². The van der Waals surface area contributed by atoms with Gasteiger partial charge in [0.15, 0.2) is 0 Å². The summed E-state index contributed by atoms with van der Waals surface area (Å²) in [6.07, 6.45) is 0. The maximum absolute atomic E-state index is 2.21. The zero-order chi connectivity index (χ0) is 8.55. The lowest BCUT2D eigenvalue weighted by Gasteiger charge is -1.92. The minimum Gasteiger partial charge on any atom is -0.143 e. The molecule has 0 radical (unpaired) electrons. The van der Waals surface area contributed by atoms with E-state index in [1.165, 1.54) is 20.2 Å². The van der Waals surface area contributed by atoms with Crippen molar-refractivity contribution in [1.29, 1.82) is 0 Å². The Morgan fingerprint density at radius 3 is 2.42 bits per heavy atom. The van der Waals surface area contributed by atoms with E-state index in [1.54, 1.807) is 0 Å². The first-order valence-electron chi connectivity index (χ1n) is 3.88. The standard InChI is InChI=1S/C10H10S2/c1-7-5-6-11-10(7)9-4-3-8(2)12-9/h3-6H,1-2H3. The van der Waals surface area contributed by atoms with Crippen LogP contribution in [0.4, 0.5) is 0 Å². The monoisotopic (exact) mass is 194 g/mol. The third-order valence-electron chi connectivity index (χ3n) is 1.83. The Morgan fingerprint density at radius 2 is 1.92 bits per heavy atom. The summed E-state index contributed by atoms with van der Waals surface area (Å²) in [6, 6.07) is 6.56. The van der Waals surface area contributed by atoms with Crippen molar-refractivity contribution in [3.63, 3.8) is 0 Å². The first-order chi connectivity index (χ1) is 5.77. The Labute approximate surface area is 80.5 Å². The third-order valence-corrected chi connectivity index (χ3v) is 4.02. The molecular formula is C10H10S2. The molecule has 2 rings (SSSR count). The van der Waals surface area contributed by atoms with Gasteiger partial charge in [0.2, 0.25) is 0 Å². The van der Waals surface area contributed by atoms with Gasteiger partial charge in [-0.2, -0.15) is 0 Å². The zero-order valence-corrected chi connectivity index (χ0v) is 8.76. The molecule has 12 heavy (non-hydrogen) atoms. The quantitative estimate of drug-likeness (QED) is 0.641. The molecule has 0 bridgehead atoms. The van der Waals surface area contributed by atoms with Crippen LogP contribution < -0.4 is 0 Å². The van der Waals surface area contributed by atoms with Crippen LogP contribution >= 0.6 is 22.7 Å². The van der Waals surface area contributed by atoms with Crippen molar-refractivity contribution >= 4 is 22.7 Å². The summed E-state index contributed by atoms with van der Waals surface area (Å²) >= 11 is 3.70. The van der Waals surface area contributed by atoms with Crippen molar-refractivity contribution in [2.45, 2.75) is 13.8 Å². The highest BCUT2D eigenvalue weighted by Gasteiger charge is 2.04. The summed E-state index contributed by atoms with van der Waals surface area (Å²) in [5, 5.41) is 2.15. The van der Waals surface area contributed by atoms with Gasteiger partial charge >= 0.3 is 0 Å². The summed E-state index contributed by atoms with van der Waals surface area (Å²) in [7, 11) is 0. The lowest BCUT2D eigenvalue weighted by molar-refractivity contribution is 1.56. The molecule has 0 nitrogen and oxygen atoms in total. The Bertz CT molecular complexity index is 382. The van der Waals surface area contributed by atoms with Crippen LogP contribution in [0.15, 0.2) is 23.6 Å².